The predicted octanol–water partition coefficient (Wildman–Crippen LogP) is 4.60. The highest BCUT2D eigenvalue weighted by Gasteiger charge is 2.25. The molecule has 0 radical (unpaired) electrons. The predicted molar refractivity (Wildman–Crippen MR) is 125 cm³/mol. The molecule has 0 atom stereocenters. The van der Waals surface area contributed by atoms with Gasteiger partial charge in [0.2, 0.25) is 5.91 Å². The lowest BCUT2D eigenvalue weighted by Crippen LogP contribution is -2.47. The molecule has 4 rings (SSSR count). The van der Waals surface area contributed by atoms with Crippen molar-refractivity contribution in [1.29, 1.82) is 0 Å². The molecule has 2 fully saturated rings. The summed E-state index contributed by atoms with van der Waals surface area (Å²) in [5.41, 5.74) is 5.17. The fourth-order valence-electron chi connectivity index (χ4n) is 5.27. The molecule has 30 heavy (non-hydrogen) atoms. The third kappa shape index (κ3) is 5.46. The zero-order valence-electron chi connectivity index (χ0n) is 19.0. The minimum atomic E-state index is 0.206. The van der Waals surface area contributed by atoms with Gasteiger partial charge in [-0.3, -0.25) is 9.69 Å². The van der Waals surface area contributed by atoms with E-state index in [2.05, 4.69) is 53.2 Å². The van der Waals surface area contributed by atoms with Crippen molar-refractivity contribution in [3.63, 3.8) is 0 Å². The molecule has 0 spiro atoms. The maximum Gasteiger partial charge on any atom is 0.247 e. The first-order chi connectivity index (χ1) is 14.6. The molecule has 1 amide bonds. The zero-order valence-corrected chi connectivity index (χ0v) is 19.0. The third-order valence-electron chi connectivity index (χ3n) is 7.60. The minimum absolute atomic E-state index is 0.206. The molecule has 1 aliphatic heterocycles. The van der Waals surface area contributed by atoms with Gasteiger partial charge in [-0.05, 0) is 101 Å². The van der Waals surface area contributed by atoms with Gasteiger partial charge in [0, 0.05) is 43.5 Å². The van der Waals surface area contributed by atoms with E-state index >= 15 is 0 Å². The second-order valence-corrected chi connectivity index (χ2v) is 9.70. The Morgan fingerprint density at radius 2 is 1.80 bits per heavy atom. The second kappa shape index (κ2) is 10.00. The van der Waals surface area contributed by atoms with Gasteiger partial charge in [-0.2, -0.15) is 0 Å². The summed E-state index contributed by atoms with van der Waals surface area (Å²) in [5, 5.41) is 3.29. The highest BCUT2D eigenvalue weighted by molar-refractivity contribution is 5.93. The summed E-state index contributed by atoms with van der Waals surface area (Å²) >= 11 is 0. The summed E-state index contributed by atoms with van der Waals surface area (Å²) in [7, 11) is 0. The summed E-state index contributed by atoms with van der Waals surface area (Å²) in [6.07, 6.45) is 11.5. The Hall–Kier alpha value is -1.81. The Kier molecular flexibility index (Phi) is 7.14. The number of aryl methyl sites for hydroxylation is 2. The van der Waals surface area contributed by atoms with Gasteiger partial charge in [0.25, 0.3) is 0 Å². The molecule has 1 saturated carbocycles. The Morgan fingerprint density at radius 1 is 1.03 bits per heavy atom. The molecule has 0 unspecified atom stereocenters. The van der Waals surface area contributed by atoms with Crippen LogP contribution in [0, 0.1) is 19.8 Å². The van der Waals surface area contributed by atoms with E-state index in [1.54, 1.807) is 0 Å². The van der Waals surface area contributed by atoms with Crippen LogP contribution in [-0.2, 0) is 4.79 Å². The van der Waals surface area contributed by atoms with E-state index in [0.29, 0.717) is 6.04 Å². The lowest BCUT2D eigenvalue weighted by atomic mass is 9.84. The van der Waals surface area contributed by atoms with Gasteiger partial charge < -0.3 is 10.2 Å². The van der Waals surface area contributed by atoms with Crippen molar-refractivity contribution in [3.8, 4) is 0 Å². The van der Waals surface area contributed by atoms with E-state index in [1.165, 1.54) is 55.7 Å². The molecular weight excluding hydrogens is 370 g/mol. The van der Waals surface area contributed by atoms with Crippen LogP contribution in [0.25, 0.3) is 0 Å². The van der Waals surface area contributed by atoms with E-state index in [9.17, 15) is 4.79 Å². The van der Waals surface area contributed by atoms with Crippen LogP contribution in [0.1, 0.15) is 62.5 Å². The molecule has 4 heteroatoms. The van der Waals surface area contributed by atoms with Crippen molar-refractivity contribution in [3.05, 3.63) is 41.0 Å². The molecule has 2 aliphatic carbocycles. The van der Waals surface area contributed by atoms with E-state index in [0.717, 1.165) is 56.7 Å². The van der Waals surface area contributed by atoms with Crippen LogP contribution < -0.4 is 10.2 Å². The van der Waals surface area contributed by atoms with Crippen molar-refractivity contribution in [2.45, 2.75) is 71.3 Å². The van der Waals surface area contributed by atoms with Gasteiger partial charge in [-0.25, -0.2) is 0 Å². The summed E-state index contributed by atoms with van der Waals surface area (Å²) < 4.78 is 0. The summed E-state index contributed by atoms with van der Waals surface area (Å²) in [4.78, 5) is 17.5. The molecule has 1 saturated heterocycles. The van der Waals surface area contributed by atoms with Crippen LogP contribution in [-0.4, -0.2) is 49.6 Å². The fourth-order valence-corrected chi connectivity index (χ4v) is 5.27. The molecule has 4 nitrogen and oxygen atoms in total. The molecule has 1 heterocycles. The van der Waals surface area contributed by atoms with Crippen molar-refractivity contribution >= 4 is 11.6 Å². The van der Waals surface area contributed by atoms with Gasteiger partial charge in [-0.15, -0.1) is 0 Å². The van der Waals surface area contributed by atoms with Crippen molar-refractivity contribution in [1.82, 2.24) is 10.2 Å². The average Bonchev–Trinajstić information content (AvgIpc) is 3.31. The topological polar surface area (TPSA) is 35.6 Å². The molecule has 1 aromatic rings. The smallest absolute Gasteiger partial charge is 0.247 e. The zero-order chi connectivity index (χ0) is 20.9. The van der Waals surface area contributed by atoms with Crippen LogP contribution in [0.5, 0.6) is 0 Å². The number of carbonyl (C=O) groups excluding carboxylic acids is 1. The summed E-state index contributed by atoms with van der Waals surface area (Å²) in [5.74, 6) is 1.04. The molecule has 164 valence electrons. The number of carbonyl (C=O) groups is 1. The number of allylic oxidation sites excluding steroid dienone is 1. The maximum atomic E-state index is 12.3. The van der Waals surface area contributed by atoms with Gasteiger partial charge in [0.1, 0.15) is 0 Å². The molecule has 3 aliphatic rings. The first kappa shape index (κ1) is 21.4. The first-order valence-electron chi connectivity index (χ1n) is 12.1. The number of amides is 1. The molecule has 1 aromatic carbocycles. The van der Waals surface area contributed by atoms with Crippen molar-refractivity contribution in [2.75, 3.05) is 37.6 Å². The molecule has 1 N–H and O–H groups in total. The van der Waals surface area contributed by atoms with Gasteiger partial charge in [-0.1, -0.05) is 12.1 Å². The molecule has 0 bridgehead atoms. The van der Waals surface area contributed by atoms with Gasteiger partial charge >= 0.3 is 0 Å². The first-order valence-corrected chi connectivity index (χ1v) is 12.1. The lowest BCUT2D eigenvalue weighted by Gasteiger charge is -2.37. The fraction of sp³-hybridized carbons (Fsp3) is 0.654. The van der Waals surface area contributed by atoms with Crippen molar-refractivity contribution in [2.24, 2.45) is 5.92 Å². The number of hydrogen-bond donors (Lipinski definition) is 1. The highest BCUT2D eigenvalue weighted by Crippen LogP contribution is 2.28. The highest BCUT2D eigenvalue weighted by atomic mass is 16.1. The normalized spacial score (nSPS) is 25.3. The van der Waals surface area contributed by atoms with E-state index in [4.69, 9.17) is 0 Å². The Morgan fingerprint density at radius 3 is 2.47 bits per heavy atom. The number of rotatable bonds is 6. The monoisotopic (exact) mass is 409 g/mol. The maximum absolute atomic E-state index is 12.3. The van der Waals surface area contributed by atoms with E-state index < -0.39 is 0 Å². The largest absolute Gasteiger partial charge is 0.369 e. The van der Waals surface area contributed by atoms with Crippen LogP contribution >= 0.6 is 0 Å². The average molecular weight is 410 g/mol. The van der Waals surface area contributed by atoms with E-state index in [1.807, 2.05) is 0 Å². The number of hydrogen-bond acceptors (Lipinski definition) is 3. The van der Waals surface area contributed by atoms with Crippen LogP contribution in [0.2, 0.25) is 0 Å². The minimum Gasteiger partial charge on any atom is -0.369 e. The number of benzene rings is 1. The van der Waals surface area contributed by atoms with Crippen LogP contribution in [0.3, 0.4) is 0 Å². The van der Waals surface area contributed by atoms with Crippen LogP contribution in [0.4, 0.5) is 5.69 Å². The third-order valence-corrected chi connectivity index (χ3v) is 7.60. The molecule has 0 aromatic heterocycles. The summed E-state index contributed by atoms with van der Waals surface area (Å²) in [6.45, 7) is 10.2. The van der Waals surface area contributed by atoms with Crippen molar-refractivity contribution < 1.29 is 4.79 Å². The standard InChI is InChI=1S/C26H39N3O/c1-20-7-12-25(19-21(20)2)29-17-15-28(16-18-29)14-13-22-8-10-24(11-9-22)27-26(30)23-5-3-4-6-23/h5,7,12,19,22,24H,3-4,6,8-11,13-18H2,1-2H3,(H,27,30)/t22-,24-. The number of anilines is 1. The van der Waals surface area contributed by atoms with Gasteiger partial charge in [0.05, 0.1) is 0 Å². The van der Waals surface area contributed by atoms with Crippen LogP contribution in [0.15, 0.2) is 29.8 Å². The van der Waals surface area contributed by atoms with Gasteiger partial charge in [0.15, 0.2) is 0 Å². The second-order valence-electron chi connectivity index (χ2n) is 9.70. The Bertz CT molecular complexity index is 756. The Labute approximate surface area is 182 Å². The summed E-state index contributed by atoms with van der Waals surface area (Å²) in [6, 6.07) is 7.27. The quantitative estimate of drug-likeness (QED) is 0.746. The number of nitrogens with one attached hydrogen (secondary N) is 1. The SMILES string of the molecule is Cc1ccc(N2CCN(CC[C@H]3CC[C@H](NC(=O)C4=CCCC4)CC3)CC2)cc1C. The lowest BCUT2D eigenvalue weighted by molar-refractivity contribution is -0.118. The number of piperazine rings is 1. The molecular formula is C26H39N3O. The number of nitrogens with zero attached hydrogens (tertiary/aromatic N) is 2. The Balaban J connectivity index is 1.13. The van der Waals surface area contributed by atoms with E-state index in [-0.39, 0.29) is 5.91 Å².